The van der Waals surface area contributed by atoms with Gasteiger partial charge in [0, 0.05) is 23.2 Å². The highest BCUT2D eigenvalue weighted by atomic mass is 32.2. The Morgan fingerprint density at radius 2 is 2.00 bits per heavy atom. The van der Waals surface area contributed by atoms with Crippen molar-refractivity contribution < 1.29 is 0 Å². The lowest BCUT2D eigenvalue weighted by Crippen LogP contribution is -2.05. The van der Waals surface area contributed by atoms with Crippen molar-refractivity contribution >= 4 is 17.7 Å². The molecule has 0 aliphatic heterocycles. The molecule has 0 atom stereocenters. The maximum Gasteiger partial charge on any atom is 0.223 e. The minimum atomic E-state index is 0.709. The number of rotatable bonds is 5. The summed E-state index contributed by atoms with van der Waals surface area (Å²) >= 11 is 1.67. The van der Waals surface area contributed by atoms with Crippen LogP contribution in [-0.2, 0) is 0 Å². The molecule has 0 amide bonds. The van der Waals surface area contributed by atoms with E-state index in [4.69, 9.17) is 0 Å². The molecule has 0 saturated heterocycles. The standard InChI is InChI=1S/C14H17N3S/c1-3-9-15-14-16-10-11(2)13(17-14)18-12-7-5-4-6-8-12/h4-8,10H,3,9H2,1-2H3,(H,15,16,17). The summed E-state index contributed by atoms with van der Waals surface area (Å²) in [7, 11) is 0. The molecule has 1 aromatic carbocycles. The highest BCUT2D eigenvalue weighted by Crippen LogP contribution is 2.28. The van der Waals surface area contributed by atoms with E-state index in [1.807, 2.05) is 31.3 Å². The molecule has 0 unspecified atom stereocenters. The van der Waals surface area contributed by atoms with Crippen LogP contribution in [0.15, 0.2) is 46.5 Å². The largest absolute Gasteiger partial charge is 0.354 e. The molecule has 94 valence electrons. The highest BCUT2D eigenvalue weighted by molar-refractivity contribution is 7.99. The molecule has 1 N–H and O–H groups in total. The monoisotopic (exact) mass is 259 g/mol. The maximum absolute atomic E-state index is 4.55. The molecule has 3 nitrogen and oxygen atoms in total. The number of nitrogens with zero attached hydrogens (tertiary/aromatic N) is 2. The summed E-state index contributed by atoms with van der Waals surface area (Å²) < 4.78 is 0. The molecule has 0 saturated carbocycles. The summed E-state index contributed by atoms with van der Waals surface area (Å²) in [6, 6.07) is 10.3. The van der Waals surface area contributed by atoms with Gasteiger partial charge in [0.1, 0.15) is 5.03 Å². The maximum atomic E-state index is 4.55. The summed E-state index contributed by atoms with van der Waals surface area (Å²) in [5.74, 6) is 0.709. The first kappa shape index (κ1) is 12.9. The van der Waals surface area contributed by atoms with E-state index < -0.39 is 0 Å². The first-order chi connectivity index (χ1) is 8.79. The fraction of sp³-hybridized carbons (Fsp3) is 0.286. The average molecular weight is 259 g/mol. The van der Waals surface area contributed by atoms with Crippen molar-refractivity contribution in [3.8, 4) is 0 Å². The lowest BCUT2D eigenvalue weighted by Gasteiger charge is -2.07. The fourth-order valence-electron chi connectivity index (χ4n) is 1.45. The van der Waals surface area contributed by atoms with Crippen molar-refractivity contribution in [2.75, 3.05) is 11.9 Å². The van der Waals surface area contributed by atoms with Crippen LogP contribution in [0.5, 0.6) is 0 Å². The molecule has 4 heteroatoms. The summed E-state index contributed by atoms with van der Waals surface area (Å²) in [5.41, 5.74) is 1.10. The molecule has 2 rings (SSSR count). The van der Waals surface area contributed by atoms with E-state index in [0.29, 0.717) is 5.95 Å². The van der Waals surface area contributed by atoms with Gasteiger partial charge in [0.25, 0.3) is 0 Å². The van der Waals surface area contributed by atoms with Crippen molar-refractivity contribution in [3.05, 3.63) is 42.1 Å². The van der Waals surface area contributed by atoms with Crippen molar-refractivity contribution in [3.63, 3.8) is 0 Å². The molecule has 0 aliphatic rings. The second-order valence-electron chi connectivity index (χ2n) is 4.02. The number of hydrogen-bond acceptors (Lipinski definition) is 4. The number of aryl methyl sites for hydroxylation is 1. The van der Waals surface area contributed by atoms with Gasteiger partial charge in [-0.2, -0.15) is 0 Å². The van der Waals surface area contributed by atoms with E-state index in [2.05, 4.69) is 34.3 Å². The molecule has 0 radical (unpaired) electrons. The predicted octanol–water partition coefficient (Wildman–Crippen LogP) is 3.76. The third-order valence-electron chi connectivity index (χ3n) is 2.42. The SMILES string of the molecule is CCCNc1ncc(C)c(Sc2ccccc2)n1. The number of nitrogens with one attached hydrogen (secondary N) is 1. The fourth-order valence-corrected chi connectivity index (χ4v) is 2.31. The molecular weight excluding hydrogens is 242 g/mol. The molecule has 1 heterocycles. The molecule has 0 aliphatic carbocycles. The Morgan fingerprint density at radius 3 is 2.72 bits per heavy atom. The average Bonchev–Trinajstić information content (AvgIpc) is 2.41. The van der Waals surface area contributed by atoms with Gasteiger partial charge in [0.05, 0.1) is 0 Å². The van der Waals surface area contributed by atoms with Gasteiger partial charge in [-0.1, -0.05) is 36.9 Å². The van der Waals surface area contributed by atoms with Gasteiger partial charge in [-0.25, -0.2) is 9.97 Å². The van der Waals surface area contributed by atoms with Crippen LogP contribution in [0.25, 0.3) is 0 Å². The molecule has 0 bridgehead atoms. The van der Waals surface area contributed by atoms with Crippen molar-refractivity contribution in [1.82, 2.24) is 9.97 Å². The van der Waals surface area contributed by atoms with Gasteiger partial charge < -0.3 is 5.32 Å². The van der Waals surface area contributed by atoms with Crippen LogP contribution < -0.4 is 5.32 Å². The topological polar surface area (TPSA) is 37.8 Å². The van der Waals surface area contributed by atoms with Crippen LogP contribution in [0.2, 0.25) is 0 Å². The Labute approximate surface area is 112 Å². The lowest BCUT2D eigenvalue weighted by atomic mass is 10.4. The van der Waals surface area contributed by atoms with Crippen LogP contribution in [-0.4, -0.2) is 16.5 Å². The van der Waals surface area contributed by atoms with E-state index in [9.17, 15) is 0 Å². The number of anilines is 1. The van der Waals surface area contributed by atoms with Crippen molar-refractivity contribution in [2.24, 2.45) is 0 Å². The minimum absolute atomic E-state index is 0.709. The van der Waals surface area contributed by atoms with E-state index in [1.165, 1.54) is 4.90 Å². The smallest absolute Gasteiger partial charge is 0.223 e. The zero-order chi connectivity index (χ0) is 12.8. The Balaban J connectivity index is 2.16. The summed E-state index contributed by atoms with van der Waals surface area (Å²) in [4.78, 5) is 10.0. The minimum Gasteiger partial charge on any atom is -0.354 e. The second-order valence-corrected chi connectivity index (χ2v) is 5.09. The molecular formula is C14H17N3S. The zero-order valence-electron chi connectivity index (χ0n) is 10.7. The Hall–Kier alpha value is -1.55. The van der Waals surface area contributed by atoms with Crippen LogP contribution >= 0.6 is 11.8 Å². The highest BCUT2D eigenvalue weighted by Gasteiger charge is 2.05. The van der Waals surface area contributed by atoms with Crippen LogP contribution in [0.1, 0.15) is 18.9 Å². The second kappa shape index (κ2) is 6.40. The van der Waals surface area contributed by atoms with E-state index in [1.54, 1.807) is 11.8 Å². The summed E-state index contributed by atoms with van der Waals surface area (Å²) in [5, 5.41) is 4.22. The van der Waals surface area contributed by atoms with Crippen molar-refractivity contribution in [2.45, 2.75) is 30.2 Å². The Morgan fingerprint density at radius 1 is 1.22 bits per heavy atom. The van der Waals surface area contributed by atoms with Gasteiger partial charge in [0.15, 0.2) is 0 Å². The van der Waals surface area contributed by atoms with Crippen LogP contribution in [0.4, 0.5) is 5.95 Å². The Kier molecular flexibility index (Phi) is 4.59. The third kappa shape index (κ3) is 3.47. The van der Waals surface area contributed by atoms with Gasteiger partial charge in [0.2, 0.25) is 5.95 Å². The van der Waals surface area contributed by atoms with Gasteiger partial charge >= 0.3 is 0 Å². The van der Waals surface area contributed by atoms with E-state index in [0.717, 1.165) is 23.6 Å². The molecule has 0 spiro atoms. The predicted molar refractivity (Wildman–Crippen MR) is 76.1 cm³/mol. The van der Waals surface area contributed by atoms with Gasteiger partial charge in [-0.05, 0) is 25.5 Å². The summed E-state index contributed by atoms with van der Waals surface area (Å²) in [6.07, 6.45) is 2.94. The van der Waals surface area contributed by atoms with Crippen LogP contribution in [0.3, 0.4) is 0 Å². The Bertz CT molecular complexity index is 500. The normalized spacial score (nSPS) is 10.3. The molecule has 2 aromatic rings. The van der Waals surface area contributed by atoms with Crippen molar-refractivity contribution in [1.29, 1.82) is 0 Å². The molecule has 0 fully saturated rings. The zero-order valence-corrected chi connectivity index (χ0v) is 11.5. The first-order valence-corrected chi connectivity index (χ1v) is 6.91. The van der Waals surface area contributed by atoms with Crippen LogP contribution in [0, 0.1) is 6.92 Å². The first-order valence-electron chi connectivity index (χ1n) is 6.10. The number of hydrogen-bond donors (Lipinski definition) is 1. The molecule has 1 aromatic heterocycles. The third-order valence-corrected chi connectivity index (χ3v) is 3.53. The van der Waals surface area contributed by atoms with Gasteiger partial charge in [-0.15, -0.1) is 0 Å². The quantitative estimate of drug-likeness (QED) is 0.830. The van der Waals surface area contributed by atoms with E-state index in [-0.39, 0.29) is 0 Å². The van der Waals surface area contributed by atoms with Gasteiger partial charge in [-0.3, -0.25) is 0 Å². The number of benzene rings is 1. The summed E-state index contributed by atoms with van der Waals surface area (Å²) in [6.45, 7) is 5.06. The molecule has 18 heavy (non-hydrogen) atoms. The van der Waals surface area contributed by atoms with E-state index >= 15 is 0 Å². The number of aromatic nitrogens is 2. The lowest BCUT2D eigenvalue weighted by molar-refractivity contribution is 0.925.